The molecular weight excluding hydrogens is 408 g/mol. The normalized spacial score (nSPS) is 20.4. The SMILES string of the molecule is CCOC(=O)C(C#N)C1S/C(=C/Nc2ccc3c(c2)C(=O)N(C)C3=O)C(=O)N1CC. The van der Waals surface area contributed by atoms with E-state index in [9.17, 15) is 24.4 Å². The molecule has 1 fully saturated rings. The number of hydrogen-bond acceptors (Lipinski definition) is 8. The molecule has 2 heterocycles. The van der Waals surface area contributed by atoms with Crippen molar-refractivity contribution in [1.29, 1.82) is 5.26 Å². The van der Waals surface area contributed by atoms with Gasteiger partial charge in [-0.3, -0.25) is 24.1 Å². The van der Waals surface area contributed by atoms with Crippen LogP contribution in [0.4, 0.5) is 5.69 Å². The second-order valence-corrected chi connectivity index (χ2v) is 7.70. The van der Waals surface area contributed by atoms with Gasteiger partial charge in [-0.05, 0) is 32.0 Å². The number of nitrogens with zero attached hydrogens (tertiary/aromatic N) is 3. The van der Waals surface area contributed by atoms with Gasteiger partial charge < -0.3 is 15.0 Å². The minimum absolute atomic E-state index is 0.146. The van der Waals surface area contributed by atoms with Crippen LogP contribution in [0.2, 0.25) is 0 Å². The number of anilines is 1. The molecular formula is C20H20N4O5S. The summed E-state index contributed by atoms with van der Waals surface area (Å²) in [6.07, 6.45) is 1.47. The second-order valence-electron chi connectivity index (χ2n) is 6.54. The summed E-state index contributed by atoms with van der Waals surface area (Å²) in [5, 5.41) is 11.7. The van der Waals surface area contributed by atoms with Crippen LogP contribution < -0.4 is 5.32 Å². The van der Waals surface area contributed by atoms with E-state index in [1.54, 1.807) is 32.0 Å². The summed E-state index contributed by atoms with van der Waals surface area (Å²) >= 11 is 1.11. The van der Waals surface area contributed by atoms with E-state index in [1.165, 1.54) is 18.1 Å². The first-order chi connectivity index (χ1) is 14.3. The van der Waals surface area contributed by atoms with Crippen LogP contribution in [0, 0.1) is 17.2 Å². The van der Waals surface area contributed by atoms with E-state index < -0.39 is 17.3 Å². The zero-order chi connectivity index (χ0) is 22.0. The highest BCUT2D eigenvalue weighted by Gasteiger charge is 2.44. The van der Waals surface area contributed by atoms with Crippen molar-refractivity contribution in [3.05, 3.63) is 40.4 Å². The zero-order valence-electron chi connectivity index (χ0n) is 16.7. The molecule has 2 atom stereocenters. The Bertz CT molecular complexity index is 999. The first-order valence-corrected chi connectivity index (χ1v) is 10.2. The van der Waals surface area contributed by atoms with Crippen molar-refractivity contribution in [2.75, 3.05) is 25.5 Å². The first-order valence-electron chi connectivity index (χ1n) is 9.31. The molecule has 0 spiro atoms. The second kappa shape index (κ2) is 8.59. The number of esters is 1. The van der Waals surface area contributed by atoms with Gasteiger partial charge in [0, 0.05) is 25.5 Å². The average molecular weight is 428 g/mol. The van der Waals surface area contributed by atoms with Crippen molar-refractivity contribution in [2.24, 2.45) is 5.92 Å². The van der Waals surface area contributed by atoms with Gasteiger partial charge in [0.2, 0.25) is 0 Å². The number of likely N-dealkylation sites (N-methyl/N-ethyl adjacent to an activating group) is 1. The van der Waals surface area contributed by atoms with Gasteiger partial charge in [0.15, 0.2) is 5.92 Å². The third-order valence-corrected chi connectivity index (χ3v) is 6.11. The monoisotopic (exact) mass is 428 g/mol. The third-order valence-electron chi connectivity index (χ3n) is 4.79. The molecule has 1 aromatic carbocycles. The number of carbonyl (C=O) groups is 4. The maximum Gasteiger partial charge on any atom is 0.326 e. The van der Waals surface area contributed by atoms with Gasteiger partial charge in [-0.1, -0.05) is 11.8 Å². The van der Waals surface area contributed by atoms with E-state index in [0.29, 0.717) is 22.7 Å². The summed E-state index contributed by atoms with van der Waals surface area (Å²) < 4.78 is 4.96. The lowest BCUT2D eigenvalue weighted by Gasteiger charge is -2.24. The zero-order valence-corrected chi connectivity index (χ0v) is 17.5. The number of thioether (sulfide) groups is 1. The molecule has 2 aliphatic heterocycles. The van der Waals surface area contributed by atoms with Crippen molar-refractivity contribution in [1.82, 2.24) is 9.80 Å². The van der Waals surface area contributed by atoms with Gasteiger partial charge in [-0.15, -0.1) is 0 Å². The van der Waals surface area contributed by atoms with E-state index in [-0.39, 0.29) is 29.9 Å². The Labute approximate surface area is 177 Å². The smallest absolute Gasteiger partial charge is 0.326 e. The number of benzene rings is 1. The van der Waals surface area contributed by atoms with Crippen LogP contribution in [0.3, 0.4) is 0 Å². The number of fused-ring (bicyclic) bond motifs is 1. The maximum atomic E-state index is 12.7. The summed E-state index contributed by atoms with van der Waals surface area (Å²) in [5.41, 5.74) is 1.14. The van der Waals surface area contributed by atoms with E-state index >= 15 is 0 Å². The molecule has 3 amide bonds. The molecule has 0 bridgehead atoms. The van der Waals surface area contributed by atoms with E-state index in [1.807, 2.05) is 6.07 Å². The molecule has 2 unspecified atom stereocenters. The Morgan fingerprint density at radius 2 is 1.97 bits per heavy atom. The Morgan fingerprint density at radius 3 is 2.60 bits per heavy atom. The van der Waals surface area contributed by atoms with Crippen molar-refractivity contribution in [3.8, 4) is 6.07 Å². The third kappa shape index (κ3) is 3.64. The van der Waals surface area contributed by atoms with Crippen molar-refractivity contribution in [3.63, 3.8) is 0 Å². The number of nitrogens with one attached hydrogen (secondary N) is 1. The Hall–Kier alpha value is -3.32. The predicted molar refractivity (Wildman–Crippen MR) is 109 cm³/mol. The van der Waals surface area contributed by atoms with E-state index in [2.05, 4.69) is 5.32 Å². The standard InChI is InChI=1S/C20H20N4O5S/c1-4-24-18(27)15(30-19(24)14(9-21)20(28)29-5-2)10-22-11-6-7-12-13(8-11)17(26)23(3)16(12)25/h6-8,10,14,19,22H,4-5H2,1-3H3/b15-10+. The molecule has 1 N–H and O–H groups in total. The fraction of sp³-hybridized carbons (Fsp3) is 0.350. The summed E-state index contributed by atoms with van der Waals surface area (Å²) in [6.45, 7) is 3.89. The molecule has 9 nitrogen and oxygen atoms in total. The number of imide groups is 1. The largest absolute Gasteiger partial charge is 0.465 e. The number of hydrogen-bond donors (Lipinski definition) is 1. The molecule has 10 heteroatoms. The summed E-state index contributed by atoms with van der Waals surface area (Å²) in [5.74, 6) is -2.82. The summed E-state index contributed by atoms with van der Waals surface area (Å²) in [7, 11) is 1.42. The Kier molecular flexibility index (Phi) is 6.12. The molecule has 1 saturated heterocycles. The van der Waals surface area contributed by atoms with Crippen LogP contribution in [-0.4, -0.2) is 59.1 Å². The number of rotatable bonds is 6. The quantitative estimate of drug-likeness (QED) is 0.414. The molecule has 30 heavy (non-hydrogen) atoms. The van der Waals surface area contributed by atoms with Crippen LogP contribution in [0.25, 0.3) is 0 Å². The number of carbonyl (C=O) groups excluding carboxylic acids is 4. The van der Waals surface area contributed by atoms with Gasteiger partial charge in [0.05, 0.1) is 28.7 Å². The lowest BCUT2D eigenvalue weighted by Crippen LogP contribution is -2.40. The van der Waals surface area contributed by atoms with Crippen LogP contribution >= 0.6 is 11.8 Å². The number of amides is 3. The highest BCUT2D eigenvalue weighted by molar-refractivity contribution is 8.05. The number of nitriles is 1. The number of ether oxygens (including phenoxy) is 1. The van der Waals surface area contributed by atoms with Gasteiger partial charge >= 0.3 is 5.97 Å². The molecule has 156 valence electrons. The Balaban J connectivity index is 1.81. The first kappa shape index (κ1) is 21.4. The minimum atomic E-state index is -1.11. The highest BCUT2D eigenvalue weighted by atomic mass is 32.2. The topological polar surface area (TPSA) is 120 Å². The predicted octanol–water partition coefficient (Wildman–Crippen LogP) is 1.79. The fourth-order valence-corrected chi connectivity index (χ4v) is 4.52. The lowest BCUT2D eigenvalue weighted by atomic mass is 10.1. The lowest BCUT2D eigenvalue weighted by molar-refractivity contribution is -0.147. The van der Waals surface area contributed by atoms with E-state index in [0.717, 1.165) is 16.7 Å². The van der Waals surface area contributed by atoms with Crippen LogP contribution in [0.1, 0.15) is 34.6 Å². The Morgan fingerprint density at radius 1 is 1.27 bits per heavy atom. The van der Waals surface area contributed by atoms with Gasteiger partial charge in [-0.2, -0.15) is 5.26 Å². The van der Waals surface area contributed by atoms with Crippen LogP contribution in [0.15, 0.2) is 29.3 Å². The molecule has 0 aliphatic carbocycles. The molecule has 0 saturated carbocycles. The average Bonchev–Trinajstić information content (AvgIpc) is 3.16. The maximum absolute atomic E-state index is 12.7. The highest BCUT2D eigenvalue weighted by Crippen LogP contribution is 2.39. The summed E-state index contributed by atoms with van der Waals surface area (Å²) in [4.78, 5) is 51.8. The van der Waals surface area contributed by atoms with Crippen LogP contribution in [-0.2, 0) is 14.3 Å². The van der Waals surface area contributed by atoms with Gasteiger partial charge in [0.1, 0.15) is 5.37 Å². The molecule has 0 radical (unpaired) electrons. The fourth-order valence-electron chi connectivity index (χ4n) is 3.23. The molecule has 3 rings (SSSR count). The summed E-state index contributed by atoms with van der Waals surface area (Å²) in [6, 6.07) is 6.67. The van der Waals surface area contributed by atoms with Crippen molar-refractivity contribution >= 4 is 41.1 Å². The minimum Gasteiger partial charge on any atom is -0.465 e. The van der Waals surface area contributed by atoms with Gasteiger partial charge in [0.25, 0.3) is 17.7 Å². The molecule has 2 aliphatic rings. The molecule has 1 aromatic rings. The van der Waals surface area contributed by atoms with Crippen LogP contribution in [0.5, 0.6) is 0 Å². The van der Waals surface area contributed by atoms with Crippen molar-refractivity contribution < 1.29 is 23.9 Å². The van der Waals surface area contributed by atoms with Gasteiger partial charge in [-0.25, -0.2) is 0 Å². The molecule has 0 aromatic heterocycles. The van der Waals surface area contributed by atoms with E-state index in [4.69, 9.17) is 4.74 Å². The van der Waals surface area contributed by atoms with Crippen molar-refractivity contribution in [2.45, 2.75) is 19.2 Å².